The van der Waals surface area contributed by atoms with Crippen LogP contribution in [0.5, 0.6) is 5.75 Å². The van der Waals surface area contributed by atoms with Gasteiger partial charge in [0.15, 0.2) is 5.96 Å². The Hall–Kier alpha value is -2.09. The molecule has 7 heteroatoms. The molecule has 1 aliphatic rings. The van der Waals surface area contributed by atoms with E-state index in [1.54, 1.807) is 7.11 Å². The molecule has 1 saturated heterocycles. The summed E-state index contributed by atoms with van der Waals surface area (Å²) in [6, 6.07) is 16.5. The Balaban J connectivity index is 0.00000300. The van der Waals surface area contributed by atoms with Crippen molar-refractivity contribution in [3.05, 3.63) is 65.2 Å². The highest BCUT2D eigenvalue weighted by Gasteiger charge is 2.12. The summed E-state index contributed by atoms with van der Waals surface area (Å²) in [5, 5.41) is 3.20. The first-order valence-electron chi connectivity index (χ1n) is 9.78. The average molecular weight is 463 g/mol. The van der Waals surface area contributed by atoms with E-state index in [9.17, 15) is 0 Å². The first-order valence-corrected chi connectivity index (χ1v) is 9.78. The van der Waals surface area contributed by atoms with Gasteiger partial charge in [0.05, 0.1) is 26.9 Å². The van der Waals surface area contributed by atoms with Crippen molar-refractivity contribution in [1.29, 1.82) is 0 Å². The zero-order valence-electron chi connectivity index (χ0n) is 17.0. The number of benzene rings is 2. The molecule has 0 amide bonds. The highest BCUT2D eigenvalue weighted by molar-refractivity contribution is 8.93. The predicted octanol–water partition coefficient (Wildman–Crippen LogP) is 2.75. The van der Waals surface area contributed by atoms with Gasteiger partial charge in [0.1, 0.15) is 5.75 Å². The number of guanidine groups is 1. The van der Waals surface area contributed by atoms with Crippen molar-refractivity contribution in [1.82, 2.24) is 10.2 Å². The molecular weight excluding hydrogens is 432 g/mol. The molecule has 1 aliphatic heterocycles. The van der Waals surface area contributed by atoms with Gasteiger partial charge in [0, 0.05) is 26.2 Å². The first-order chi connectivity index (χ1) is 13.7. The third-order valence-corrected chi connectivity index (χ3v) is 4.91. The van der Waals surface area contributed by atoms with Gasteiger partial charge in [-0.15, -0.1) is 17.0 Å². The summed E-state index contributed by atoms with van der Waals surface area (Å²) in [7, 11) is 1.67. The maximum atomic E-state index is 6.06. The van der Waals surface area contributed by atoms with Crippen molar-refractivity contribution in [2.75, 3.05) is 40.0 Å². The third kappa shape index (κ3) is 7.68. The average Bonchev–Trinajstić information content (AvgIpc) is 2.74. The maximum Gasteiger partial charge on any atom is 0.188 e. The monoisotopic (exact) mass is 462 g/mol. The molecule has 1 heterocycles. The van der Waals surface area contributed by atoms with E-state index in [1.165, 1.54) is 16.7 Å². The second-order valence-electron chi connectivity index (χ2n) is 6.88. The molecule has 3 N–H and O–H groups in total. The maximum absolute atomic E-state index is 6.06. The van der Waals surface area contributed by atoms with E-state index in [4.69, 9.17) is 15.2 Å². The van der Waals surface area contributed by atoms with Crippen LogP contribution in [0.25, 0.3) is 0 Å². The lowest BCUT2D eigenvalue weighted by Gasteiger charge is -2.27. The Bertz CT molecular complexity index is 762. The van der Waals surface area contributed by atoms with Gasteiger partial charge in [-0.3, -0.25) is 4.90 Å². The first kappa shape index (κ1) is 23.2. The molecule has 0 saturated carbocycles. The number of hydrogen-bond acceptors (Lipinski definition) is 4. The van der Waals surface area contributed by atoms with Crippen LogP contribution in [0.4, 0.5) is 0 Å². The highest BCUT2D eigenvalue weighted by atomic mass is 79.9. The highest BCUT2D eigenvalue weighted by Crippen LogP contribution is 2.14. The fourth-order valence-corrected chi connectivity index (χ4v) is 3.22. The number of nitrogens with zero attached hydrogens (tertiary/aromatic N) is 2. The van der Waals surface area contributed by atoms with Crippen molar-refractivity contribution in [2.45, 2.75) is 19.5 Å². The zero-order chi connectivity index (χ0) is 19.6. The smallest absolute Gasteiger partial charge is 0.188 e. The summed E-state index contributed by atoms with van der Waals surface area (Å²) in [5.74, 6) is 1.35. The Morgan fingerprint density at radius 1 is 1.10 bits per heavy atom. The molecule has 29 heavy (non-hydrogen) atoms. The number of nitrogens with two attached hydrogens (primary N) is 1. The fourth-order valence-electron chi connectivity index (χ4n) is 3.22. The van der Waals surface area contributed by atoms with Crippen molar-refractivity contribution >= 4 is 22.9 Å². The number of aliphatic imine (C=N–C) groups is 1. The van der Waals surface area contributed by atoms with Crippen LogP contribution < -0.4 is 15.8 Å². The van der Waals surface area contributed by atoms with Gasteiger partial charge in [-0.2, -0.15) is 0 Å². The fraction of sp³-hybridized carbons (Fsp3) is 0.409. The second-order valence-corrected chi connectivity index (χ2v) is 6.88. The molecule has 3 rings (SSSR count). The van der Waals surface area contributed by atoms with Crippen LogP contribution in [0.1, 0.15) is 16.7 Å². The number of halogens is 1. The van der Waals surface area contributed by atoms with Crippen LogP contribution in [-0.2, 0) is 24.2 Å². The number of rotatable bonds is 8. The number of hydrogen-bond donors (Lipinski definition) is 2. The van der Waals surface area contributed by atoms with Crippen molar-refractivity contribution in [3.63, 3.8) is 0 Å². The Labute approximate surface area is 183 Å². The van der Waals surface area contributed by atoms with Gasteiger partial charge in [-0.1, -0.05) is 36.4 Å². The van der Waals surface area contributed by atoms with Gasteiger partial charge in [0.2, 0.25) is 0 Å². The third-order valence-electron chi connectivity index (χ3n) is 4.91. The van der Waals surface area contributed by atoms with Crippen LogP contribution in [0.15, 0.2) is 53.5 Å². The molecule has 0 atom stereocenters. The van der Waals surface area contributed by atoms with Crippen molar-refractivity contribution in [2.24, 2.45) is 10.7 Å². The van der Waals surface area contributed by atoms with Crippen LogP contribution in [0.3, 0.4) is 0 Å². The molecule has 0 aliphatic carbocycles. The molecular formula is C22H31BrN4O2. The van der Waals surface area contributed by atoms with Gasteiger partial charge in [-0.25, -0.2) is 4.99 Å². The lowest BCUT2D eigenvalue weighted by Crippen LogP contribution is -2.36. The minimum Gasteiger partial charge on any atom is -0.497 e. The molecule has 6 nitrogen and oxygen atoms in total. The standard InChI is InChI=1S/C22H30N4O2.BrH/c1-27-21-8-6-18(7-9-21)10-11-24-22(23)25-16-19-4-2-3-5-20(19)17-26-12-14-28-15-13-26;/h2-9H,10-17H2,1H3,(H3,23,24,25);1H. The molecule has 1 fully saturated rings. The number of morpholine rings is 1. The minimum absolute atomic E-state index is 0. The van der Waals surface area contributed by atoms with E-state index in [0.29, 0.717) is 12.5 Å². The lowest BCUT2D eigenvalue weighted by atomic mass is 10.1. The normalized spacial score (nSPS) is 14.9. The molecule has 2 aromatic rings. The van der Waals surface area contributed by atoms with Gasteiger partial charge >= 0.3 is 0 Å². The molecule has 0 unspecified atom stereocenters. The molecule has 0 radical (unpaired) electrons. The Kier molecular flexibility index (Phi) is 9.97. The summed E-state index contributed by atoms with van der Waals surface area (Å²) in [6.07, 6.45) is 0.883. The van der Waals surface area contributed by atoms with Crippen LogP contribution >= 0.6 is 17.0 Å². The topological polar surface area (TPSA) is 72.1 Å². The number of nitrogens with one attached hydrogen (secondary N) is 1. The molecule has 0 spiro atoms. The van der Waals surface area contributed by atoms with Crippen molar-refractivity contribution < 1.29 is 9.47 Å². The zero-order valence-corrected chi connectivity index (χ0v) is 18.7. The summed E-state index contributed by atoms with van der Waals surface area (Å²) < 4.78 is 10.6. The molecule has 0 bridgehead atoms. The van der Waals surface area contributed by atoms with E-state index in [2.05, 4.69) is 51.6 Å². The Morgan fingerprint density at radius 2 is 1.79 bits per heavy atom. The Morgan fingerprint density at radius 3 is 2.48 bits per heavy atom. The van der Waals surface area contributed by atoms with Crippen molar-refractivity contribution in [3.8, 4) is 5.75 Å². The number of ether oxygens (including phenoxy) is 2. The summed E-state index contributed by atoms with van der Waals surface area (Å²) in [4.78, 5) is 6.95. The quantitative estimate of drug-likeness (QED) is 0.466. The lowest BCUT2D eigenvalue weighted by molar-refractivity contribution is 0.0341. The van der Waals surface area contributed by atoms with Crippen LogP contribution in [0, 0.1) is 0 Å². The summed E-state index contributed by atoms with van der Waals surface area (Å²) in [5.41, 5.74) is 9.81. The van der Waals surface area contributed by atoms with E-state index in [-0.39, 0.29) is 17.0 Å². The van der Waals surface area contributed by atoms with E-state index < -0.39 is 0 Å². The van der Waals surface area contributed by atoms with Crippen LogP contribution in [0.2, 0.25) is 0 Å². The van der Waals surface area contributed by atoms with E-state index in [1.807, 2.05) is 12.1 Å². The second kappa shape index (κ2) is 12.5. The molecule has 158 valence electrons. The molecule has 2 aromatic carbocycles. The largest absolute Gasteiger partial charge is 0.497 e. The summed E-state index contributed by atoms with van der Waals surface area (Å²) >= 11 is 0. The predicted molar refractivity (Wildman–Crippen MR) is 123 cm³/mol. The van der Waals surface area contributed by atoms with Gasteiger partial charge < -0.3 is 20.5 Å². The van der Waals surface area contributed by atoms with E-state index >= 15 is 0 Å². The minimum atomic E-state index is 0. The summed E-state index contributed by atoms with van der Waals surface area (Å²) in [6.45, 7) is 5.84. The number of methoxy groups -OCH3 is 1. The van der Waals surface area contributed by atoms with E-state index in [0.717, 1.165) is 51.6 Å². The van der Waals surface area contributed by atoms with Crippen LogP contribution in [-0.4, -0.2) is 50.8 Å². The van der Waals surface area contributed by atoms with Gasteiger partial charge in [-0.05, 0) is 35.2 Å². The van der Waals surface area contributed by atoms with Gasteiger partial charge in [0.25, 0.3) is 0 Å². The molecule has 0 aromatic heterocycles. The SMILES string of the molecule is Br.COc1ccc(CCNC(N)=NCc2ccccc2CN2CCOCC2)cc1.